The summed E-state index contributed by atoms with van der Waals surface area (Å²) in [7, 11) is -3.59. The van der Waals surface area contributed by atoms with Crippen LogP contribution in [0.15, 0.2) is 20.0 Å². The van der Waals surface area contributed by atoms with Crippen LogP contribution in [-0.4, -0.2) is 14.5 Å². The van der Waals surface area contributed by atoms with Gasteiger partial charge in [0.15, 0.2) is 4.67 Å². The van der Waals surface area contributed by atoms with Crippen molar-refractivity contribution in [2.75, 3.05) is 0 Å². The lowest BCUT2D eigenvalue weighted by Gasteiger charge is -2.34. The molecule has 3 N–H and O–H groups in total. The standard InChI is InChI=1S/C14H23BrN2O3S/c1-9(2)11-5-3-4-6-12(11)17-21(18,19)13-7-10(8-16)20-14(13)15/h7,9,11-12,17H,3-6,8,16H2,1-2H3. The van der Waals surface area contributed by atoms with Gasteiger partial charge in [-0.3, -0.25) is 0 Å². The van der Waals surface area contributed by atoms with Crippen molar-refractivity contribution in [2.45, 2.75) is 57.0 Å². The molecule has 0 aromatic carbocycles. The number of nitrogens with two attached hydrogens (primary N) is 1. The smallest absolute Gasteiger partial charge is 0.245 e. The summed E-state index contributed by atoms with van der Waals surface area (Å²) in [6.07, 6.45) is 4.21. The Bertz CT molecular complexity index is 583. The van der Waals surface area contributed by atoms with Crippen molar-refractivity contribution in [2.24, 2.45) is 17.6 Å². The number of rotatable bonds is 5. The second-order valence-corrected chi connectivity index (χ2v) is 8.38. The zero-order chi connectivity index (χ0) is 15.6. The van der Waals surface area contributed by atoms with Gasteiger partial charge in [-0.25, -0.2) is 13.1 Å². The third kappa shape index (κ3) is 3.88. The molecule has 0 radical (unpaired) electrons. The predicted molar refractivity (Wildman–Crippen MR) is 85.2 cm³/mol. The highest BCUT2D eigenvalue weighted by Crippen LogP contribution is 2.32. The molecule has 1 aliphatic carbocycles. The number of nitrogens with one attached hydrogen (secondary N) is 1. The van der Waals surface area contributed by atoms with Gasteiger partial charge >= 0.3 is 0 Å². The van der Waals surface area contributed by atoms with Gasteiger partial charge in [0.05, 0.1) is 6.54 Å². The normalized spacial score (nSPS) is 23.7. The average molecular weight is 379 g/mol. The fourth-order valence-corrected chi connectivity index (χ4v) is 5.37. The molecule has 5 nitrogen and oxygen atoms in total. The van der Waals surface area contributed by atoms with Crippen LogP contribution < -0.4 is 10.5 Å². The maximum absolute atomic E-state index is 12.6. The highest BCUT2D eigenvalue weighted by molar-refractivity contribution is 9.10. The molecule has 1 aromatic rings. The number of hydrogen-bond donors (Lipinski definition) is 2. The first kappa shape index (κ1) is 17.0. The van der Waals surface area contributed by atoms with E-state index < -0.39 is 10.0 Å². The zero-order valence-electron chi connectivity index (χ0n) is 12.4. The molecule has 0 aliphatic heterocycles. The molecule has 7 heteroatoms. The Morgan fingerprint density at radius 3 is 2.67 bits per heavy atom. The molecule has 120 valence electrons. The quantitative estimate of drug-likeness (QED) is 0.824. The SMILES string of the molecule is CC(C)C1CCCCC1NS(=O)(=O)c1cc(CN)oc1Br. The van der Waals surface area contributed by atoms with Crippen LogP contribution in [0.3, 0.4) is 0 Å². The molecular weight excluding hydrogens is 356 g/mol. The predicted octanol–water partition coefficient (Wildman–Crippen LogP) is 2.99. The van der Waals surface area contributed by atoms with Gasteiger partial charge in [0.1, 0.15) is 10.7 Å². The Hall–Kier alpha value is -0.370. The van der Waals surface area contributed by atoms with E-state index in [1.807, 2.05) is 0 Å². The lowest BCUT2D eigenvalue weighted by atomic mass is 9.78. The van der Waals surface area contributed by atoms with E-state index >= 15 is 0 Å². The first-order valence-corrected chi connectivity index (χ1v) is 9.63. The lowest BCUT2D eigenvalue weighted by molar-refractivity contribution is 0.226. The Morgan fingerprint density at radius 1 is 1.43 bits per heavy atom. The number of halogens is 1. The van der Waals surface area contributed by atoms with Crippen molar-refractivity contribution in [1.29, 1.82) is 0 Å². The minimum Gasteiger partial charge on any atom is -0.452 e. The molecule has 2 atom stereocenters. The molecule has 2 unspecified atom stereocenters. The highest BCUT2D eigenvalue weighted by atomic mass is 79.9. The van der Waals surface area contributed by atoms with Gasteiger partial charge in [0.25, 0.3) is 0 Å². The summed E-state index contributed by atoms with van der Waals surface area (Å²) < 4.78 is 33.5. The maximum atomic E-state index is 12.6. The van der Waals surface area contributed by atoms with Crippen LogP contribution in [0.25, 0.3) is 0 Å². The summed E-state index contributed by atoms with van der Waals surface area (Å²) in [5, 5.41) is 0. The molecule has 1 saturated carbocycles. The van der Waals surface area contributed by atoms with E-state index in [0.717, 1.165) is 19.3 Å². The van der Waals surface area contributed by atoms with E-state index in [1.165, 1.54) is 12.5 Å². The molecule has 0 bridgehead atoms. The van der Waals surface area contributed by atoms with Crippen LogP contribution in [-0.2, 0) is 16.6 Å². The van der Waals surface area contributed by atoms with Crippen molar-refractivity contribution >= 4 is 26.0 Å². The molecule has 2 rings (SSSR count). The summed E-state index contributed by atoms with van der Waals surface area (Å²) in [6, 6.07) is 1.48. The molecule has 1 heterocycles. The van der Waals surface area contributed by atoms with Crippen LogP contribution in [0, 0.1) is 11.8 Å². The molecule has 0 spiro atoms. The van der Waals surface area contributed by atoms with Crippen LogP contribution in [0.4, 0.5) is 0 Å². The van der Waals surface area contributed by atoms with Crippen molar-refractivity contribution in [3.63, 3.8) is 0 Å². The molecule has 21 heavy (non-hydrogen) atoms. The fraction of sp³-hybridized carbons (Fsp3) is 0.714. The van der Waals surface area contributed by atoms with Gasteiger partial charge in [0.2, 0.25) is 10.0 Å². The zero-order valence-corrected chi connectivity index (χ0v) is 14.8. The Balaban J connectivity index is 2.21. The van der Waals surface area contributed by atoms with E-state index in [4.69, 9.17) is 10.2 Å². The Labute approximate surface area is 134 Å². The Kier molecular flexibility index (Phi) is 5.51. The Morgan fingerprint density at radius 2 is 2.10 bits per heavy atom. The summed E-state index contributed by atoms with van der Waals surface area (Å²) in [6.45, 7) is 4.47. The van der Waals surface area contributed by atoms with Crippen molar-refractivity contribution < 1.29 is 12.8 Å². The maximum Gasteiger partial charge on any atom is 0.245 e. The minimum absolute atomic E-state index is 0.00752. The summed E-state index contributed by atoms with van der Waals surface area (Å²) >= 11 is 3.16. The molecular formula is C14H23BrN2O3S. The summed E-state index contributed by atoms with van der Waals surface area (Å²) in [5.74, 6) is 1.30. The van der Waals surface area contributed by atoms with Gasteiger partial charge in [-0.15, -0.1) is 0 Å². The largest absolute Gasteiger partial charge is 0.452 e. The van der Waals surface area contributed by atoms with Gasteiger partial charge in [-0.05, 0) is 40.6 Å². The highest BCUT2D eigenvalue weighted by Gasteiger charge is 2.32. The second-order valence-electron chi connectivity index (χ2n) is 5.97. The van der Waals surface area contributed by atoms with Gasteiger partial charge in [0, 0.05) is 12.1 Å². The third-order valence-electron chi connectivity index (χ3n) is 4.18. The second kappa shape index (κ2) is 6.81. The number of furan rings is 1. The number of hydrogen-bond acceptors (Lipinski definition) is 4. The summed E-state index contributed by atoms with van der Waals surface area (Å²) in [5.41, 5.74) is 5.49. The van der Waals surface area contributed by atoms with E-state index in [9.17, 15) is 8.42 Å². The van der Waals surface area contributed by atoms with Crippen LogP contribution >= 0.6 is 15.9 Å². The van der Waals surface area contributed by atoms with Gasteiger partial charge in [-0.1, -0.05) is 26.7 Å². The summed E-state index contributed by atoms with van der Waals surface area (Å²) in [4.78, 5) is 0.135. The fourth-order valence-electron chi connectivity index (χ4n) is 3.05. The number of sulfonamides is 1. The van der Waals surface area contributed by atoms with Crippen molar-refractivity contribution in [3.05, 3.63) is 16.5 Å². The third-order valence-corrected chi connectivity index (χ3v) is 6.53. The van der Waals surface area contributed by atoms with Crippen LogP contribution in [0.5, 0.6) is 0 Å². The molecule has 0 amide bonds. The lowest BCUT2D eigenvalue weighted by Crippen LogP contribution is -2.43. The average Bonchev–Trinajstić information content (AvgIpc) is 2.81. The van der Waals surface area contributed by atoms with E-state index in [0.29, 0.717) is 17.6 Å². The van der Waals surface area contributed by atoms with Gasteiger partial charge in [-0.2, -0.15) is 0 Å². The first-order chi connectivity index (χ1) is 9.85. The molecule has 0 saturated heterocycles. The topological polar surface area (TPSA) is 85.3 Å². The molecule has 1 fully saturated rings. The van der Waals surface area contributed by atoms with Crippen molar-refractivity contribution in [1.82, 2.24) is 4.72 Å². The van der Waals surface area contributed by atoms with Crippen LogP contribution in [0.1, 0.15) is 45.3 Å². The van der Waals surface area contributed by atoms with Crippen LogP contribution in [0.2, 0.25) is 0 Å². The van der Waals surface area contributed by atoms with E-state index in [1.54, 1.807) is 0 Å². The van der Waals surface area contributed by atoms with E-state index in [2.05, 4.69) is 34.5 Å². The first-order valence-electron chi connectivity index (χ1n) is 7.35. The molecule has 1 aliphatic rings. The van der Waals surface area contributed by atoms with E-state index in [-0.39, 0.29) is 22.2 Å². The monoisotopic (exact) mass is 378 g/mol. The van der Waals surface area contributed by atoms with Gasteiger partial charge < -0.3 is 10.2 Å². The van der Waals surface area contributed by atoms with Crippen molar-refractivity contribution in [3.8, 4) is 0 Å². The molecule has 1 aromatic heterocycles. The minimum atomic E-state index is -3.59.